The van der Waals surface area contributed by atoms with Crippen molar-refractivity contribution in [2.45, 2.75) is 6.61 Å². The average molecular weight is 451 g/mol. The zero-order valence-corrected chi connectivity index (χ0v) is 16.2. The predicted octanol–water partition coefficient (Wildman–Crippen LogP) is 3.93. The molecule has 6 heteroatoms. The van der Waals surface area contributed by atoms with Crippen molar-refractivity contribution in [2.75, 3.05) is 7.11 Å². The molecule has 0 saturated heterocycles. The summed E-state index contributed by atoms with van der Waals surface area (Å²) in [5, 5.41) is 0. The molecular weight excluding hydrogens is 437 g/mol. The molecule has 0 bridgehead atoms. The number of ether oxygens (including phenoxy) is 2. The third kappa shape index (κ3) is 3.96. The van der Waals surface area contributed by atoms with Crippen LogP contribution in [-0.2, 0) is 11.3 Å². The van der Waals surface area contributed by atoms with Gasteiger partial charge in [-0.15, -0.1) is 0 Å². The first-order valence-corrected chi connectivity index (χ1v) is 9.81. The molecule has 0 N–H and O–H groups in total. The number of methoxy groups -OCH3 is 1. The Balaban J connectivity index is 1.72. The van der Waals surface area contributed by atoms with Gasteiger partial charge < -0.3 is 0 Å². The summed E-state index contributed by atoms with van der Waals surface area (Å²) in [6.07, 6.45) is 0. The number of hydrogen-bond acceptors (Lipinski definition) is 4. The van der Waals surface area contributed by atoms with Crippen molar-refractivity contribution in [3.63, 3.8) is 0 Å². The molecule has 0 saturated carbocycles. The molecule has 24 heavy (non-hydrogen) atoms. The van der Waals surface area contributed by atoms with Crippen molar-refractivity contribution in [3.8, 4) is 15.9 Å². The van der Waals surface area contributed by atoms with E-state index in [0.717, 1.165) is 20.3 Å². The van der Waals surface area contributed by atoms with Gasteiger partial charge in [0.1, 0.15) is 0 Å². The first-order chi connectivity index (χ1) is 11.7. The molecule has 0 aliphatic carbocycles. The standard InChI is InChI=1S/C18H14BrNO3Se/c1-22-18(21)15-4-2-3-5-16(15)23-10-14-11-24-17(20-14)12-6-8-13(19)9-7-12/h2-9,11H,10H2,1H3. The molecule has 0 unspecified atom stereocenters. The molecule has 1 heterocycles. The fraction of sp³-hybridized carbons (Fsp3) is 0.111. The number of hydrogen-bond donors (Lipinski definition) is 0. The monoisotopic (exact) mass is 451 g/mol. The third-order valence-corrected chi connectivity index (χ3v) is 5.81. The van der Waals surface area contributed by atoms with Gasteiger partial charge in [0.15, 0.2) is 0 Å². The van der Waals surface area contributed by atoms with Crippen LogP contribution in [0.4, 0.5) is 0 Å². The van der Waals surface area contributed by atoms with E-state index in [9.17, 15) is 4.79 Å². The second kappa shape index (κ2) is 7.79. The molecular formula is C18H14BrNO3Se. The first-order valence-electron chi connectivity index (χ1n) is 7.18. The molecule has 0 aliphatic rings. The Morgan fingerprint density at radius 1 is 1.17 bits per heavy atom. The Labute approximate surface area is 154 Å². The summed E-state index contributed by atoms with van der Waals surface area (Å²) in [4.78, 5) is 18.5. The van der Waals surface area contributed by atoms with E-state index in [4.69, 9.17) is 9.47 Å². The molecule has 3 rings (SSSR count). The zero-order valence-electron chi connectivity index (χ0n) is 12.9. The summed E-state index contributed by atoms with van der Waals surface area (Å²) in [7, 11) is 1.36. The Hall–Kier alpha value is -1.88. The van der Waals surface area contributed by atoms with Gasteiger partial charge in [0.05, 0.1) is 0 Å². The summed E-state index contributed by atoms with van der Waals surface area (Å²) in [5.41, 5.74) is 2.42. The molecule has 0 radical (unpaired) electrons. The number of aromatic nitrogens is 1. The van der Waals surface area contributed by atoms with Gasteiger partial charge in [-0.25, -0.2) is 0 Å². The van der Waals surface area contributed by atoms with E-state index in [1.807, 2.05) is 18.2 Å². The summed E-state index contributed by atoms with van der Waals surface area (Å²) in [6, 6.07) is 15.2. The van der Waals surface area contributed by atoms with E-state index in [2.05, 4.69) is 38.0 Å². The Morgan fingerprint density at radius 3 is 2.67 bits per heavy atom. The summed E-state index contributed by atoms with van der Waals surface area (Å²) in [6.45, 7) is 0.329. The number of carbonyl (C=O) groups excluding carboxylic acids is 1. The van der Waals surface area contributed by atoms with Gasteiger partial charge in [0, 0.05) is 0 Å². The van der Waals surface area contributed by atoms with Crippen molar-refractivity contribution in [1.29, 1.82) is 0 Å². The molecule has 0 fully saturated rings. The Morgan fingerprint density at radius 2 is 1.92 bits per heavy atom. The van der Waals surface area contributed by atoms with Crippen LogP contribution in [0.25, 0.3) is 10.1 Å². The number of rotatable bonds is 5. The molecule has 0 amide bonds. The van der Waals surface area contributed by atoms with Crippen LogP contribution in [0, 0.1) is 0 Å². The molecule has 0 aliphatic heterocycles. The molecule has 2 aromatic carbocycles. The number of carbonyl (C=O) groups is 1. The fourth-order valence-corrected chi connectivity index (χ4v) is 4.09. The van der Waals surface area contributed by atoms with Crippen LogP contribution in [0.5, 0.6) is 5.75 Å². The number of halogens is 1. The zero-order chi connectivity index (χ0) is 16.9. The van der Waals surface area contributed by atoms with E-state index in [0.29, 0.717) is 17.9 Å². The summed E-state index contributed by atoms with van der Waals surface area (Å²) in [5.74, 6) is 0.0966. The van der Waals surface area contributed by atoms with Gasteiger partial charge >= 0.3 is 154 Å². The van der Waals surface area contributed by atoms with Crippen LogP contribution in [0.3, 0.4) is 0 Å². The average Bonchev–Trinajstić information content (AvgIpc) is 3.09. The number of nitrogens with zero attached hydrogens (tertiary/aromatic N) is 1. The van der Waals surface area contributed by atoms with Crippen LogP contribution < -0.4 is 4.74 Å². The second-order valence-corrected chi connectivity index (χ2v) is 7.64. The van der Waals surface area contributed by atoms with Crippen LogP contribution in [-0.4, -0.2) is 32.6 Å². The van der Waals surface area contributed by atoms with E-state index in [-0.39, 0.29) is 14.5 Å². The van der Waals surface area contributed by atoms with Gasteiger partial charge in [-0.05, 0) is 0 Å². The summed E-state index contributed by atoms with van der Waals surface area (Å²) < 4.78 is 12.7. The van der Waals surface area contributed by atoms with Crippen LogP contribution in [0.2, 0.25) is 0 Å². The Kier molecular flexibility index (Phi) is 5.51. The van der Waals surface area contributed by atoms with Gasteiger partial charge in [-0.1, -0.05) is 0 Å². The van der Waals surface area contributed by atoms with Crippen molar-refractivity contribution >= 4 is 36.4 Å². The maximum absolute atomic E-state index is 11.7. The molecule has 0 atom stereocenters. The van der Waals surface area contributed by atoms with Crippen molar-refractivity contribution in [3.05, 3.63) is 69.2 Å². The van der Waals surface area contributed by atoms with E-state index in [1.165, 1.54) is 7.11 Å². The number of para-hydroxylation sites is 1. The minimum atomic E-state index is -0.408. The second-order valence-electron chi connectivity index (χ2n) is 4.93. The van der Waals surface area contributed by atoms with Crippen molar-refractivity contribution in [2.24, 2.45) is 0 Å². The van der Waals surface area contributed by atoms with Gasteiger partial charge in [0.25, 0.3) is 0 Å². The number of benzene rings is 2. The van der Waals surface area contributed by atoms with E-state index in [1.54, 1.807) is 18.2 Å². The molecule has 1 aromatic heterocycles. The van der Waals surface area contributed by atoms with E-state index < -0.39 is 5.97 Å². The number of esters is 1. The van der Waals surface area contributed by atoms with Gasteiger partial charge in [-0.3, -0.25) is 0 Å². The molecule has 4 nitrogen and oxygen atoms in total. The van der Waals surface area contributed by atoms with Crippen LogP contribution in [0.15, 0.2) is 57.9 Å². The predicted molar refractivity (Wildman–Crippen MR) is 96.4 cm³/mol. The maximum atomic E-state index is 11.7. The van der Waals surface area contributed by atoms with Crippen molar-refractivity contribution < 1.29 is 14.3 Å². The first kappa shape index (κ1) is 17.0. The summed E-state index contributed by atoms with van der Waals surface area (Å²) >= 11 is 3.62. The normalized spacial score (nSPS) is 10.4. The van der Waals surface area contributed by atoms with Gasteiger partial charge in [-0.2, -0.15) is 0 Å². The SMILES string of the molecule is COC(=O)c1ccccc1OCc1c[se]c(-c2ccc(Br)cc2)n1. The minimum absolute atomic E-state index is 0.189. The molecule has 0 spiro atoms. The van der Waals surface area contributed by atoms with Crippen LogP contribution >= 0.6 is 15.9 Å². The van der Waals surface area contributed by atoms with Crippen LogP contribution in [0.1, 0.15) is 16.1 Å². The van der Waals surface area contributed by atoms with Gasteiger partial charge in [0.2, 0.25) is 0 Å². The molecule has 3 aromatic rings. The van der Waals surface area contributed by atoms with Crippen molar-refractivity contribution in [1.82, 2.24) is 4.98 Å². The fourth-order valence-electron chi connectivity index (χ4n) is 2.12. The Bertz CT molecular complexity index is 845. The third-order valence-electron chi connectivity index (χ3n) is 3.31. The quantitative estimate of drug-likeness (QED) is 0.436. The van der Waals surface area contributed by atoms with E-state index >= 15 is 0 Å². The topological polar surface area (TPSA) is 48.4 Å². The molecule has 122 valence electrons.